The van der Waals surface area contributed by atoms with E-state index in [1.807, 2.05) is 23.4 Å². The molecular weight excluding hydrogens is 543 g/mol. The van der Waals surface area contributed by atoms with Gasteiger partial charge in [-0.1, -0.05) is 12.8 Å². The first-order chi connectivity index (χ1) is 19.1. The number of benzene rings is 2. The van der Waals surface area contributed by atoms with Gasteiger partial charge in [0.2, 0.25) is 5.91 Å². The van der Waals surface area contributed by atoms with E-state index in [4.69, 9.17) is 0 Å². The monoisotopic (exact) mass is 577 g/mol. The van der Waals surface area contributed by atoms with Crippen molar-refractivity contribution in [2.75, 3.05) is 31.3 Å². The summed E-state index contributed by atoms with van der Waals surface area (Å²) in [6.07, 6.45) is 2.37. The van der Waals surface area contributed by atoms with Crippen LogP contribution in [0.5, 0.6) is 0 Å². The van der Waals surface area contributed by atoms with Gasteiger partial charge in [-0.25, -0.2) is 5.01 Å². The first kappa shape index (κ1) is 29.7. The minimum absolute atomic E-state index is 0.190. The summed E-state index contributed by atoms with van der Waals surface area (Å²) >= 11 is 1.58. The highest BCUT2D eigenvalue weighted by atomic mass is 32.2. The third-order valence-electron chi connectivity index (χ3n) is 7.17. The molecule has 12 heteroatoms. The molecule has 1 saturated carbocycles. The Morgan fingerprint density at radius 2 is 1.55 bits per heavy atom. The summed E-state index contributed by atoms with van der Waals surface area (Å²) < 4.78 is 40.1. The van der Waals surface area contributed by atoms with Crippen molar-refractivity contribution in [2.24, 2.45) is 0 Å². The Morgan fingerprint density at radius 3 is 2.17 bits per heavy atom. The van der Waals surface area contributed by atoms with Crippen LogP contribution < -0.4 is 21.4 Å². The third-order valence-corrected chi connectivity index (χ3v) is 7.91. The molecule has 2 aliphatic rings. The predicted octanol–water partition coefficient (Wildman–Crippen LogP) is 4.44. The molecule has 4 N–H and O–H groups in total. The molecule has 3 amide bonds. The lowest BCUT2D eigenvalue weighted by Crippen LogP contribution is -2.54. The highest BCUT2D eigenvalue weighted by Crippen LogP contribution is 2.32. The van der Waals surface area contributed by atoms with Crippen LogP contribution in [-0.4, -0.2) is 60.7 Å². The molecule has 2 fully saturated rings. The van der Waals surface area contributed by atoms with Gasteiger partial charge in [-0.2, -0.15) is 13.2 Å². The quantitative estimate of drug-likeness (QED) is 0.329. The molecule has 1 saturated heterocycles. The van der Waals surface area contributed by atoms with E-state index in [9.17, 15) is 27.6 Å². The first-order valence-electron chi connectivity index (χ1n) is 13.4. The molecule has 2 aromatic rings. The molecule has 216 valence electrons. The summed E-state index contributed by atoms with van der Waals surface area (Å²) in [5, 5.41) is 10.2. The lowest BCUT2D eigenvalue weighted by Gasteiger charge is -2.33. The lowest BCUT2D eigenvalue weighted by molar-refractivity contribution is -0.137. The van der Waals surface area contributed by atoms with E-state index >= 15 is 0 Å². The van der Waals surface area contributed by atoms with Crippen LogP contribution in [0.15, 0.2) is 47.4 Å². The van der Waals surface area contributed by atoms with Crippen molar-refractivity contribution in [1.29, 1.82) is 0 Å². The van der Waals surface area contributed by atoms with E-state index in [0.717, 1.165) is 42.7 Å². The van der Waals surface area contributed by atoms with E-state index in [1.165, 1.54) is 6.07 Å². The van der Waals surface area contributed by atoms with Crippen molar-refractivity contribution in [2.45, 2.75) is 61.7 Å². The summed E-state index contributed by atoms with van der Waals surface area (Å²) in [4.78, 5) is 39.6. The minimum Gasteiger partial charge on any atom is -0.350 e. The zero-order valence-corrected chi connectivity index (χ0v) is 23.1. The minimum atomic E-state index is -4.62. The van der Waals surface area contributed by atoms with Crippen molar-refractivity contribution >= 4 is 35.2 Å². The molecule has 40 heavy (non-hydrogen) atoms. The van der Waals surface area contributed by atoms with Gasteiger partial charge in [0.05, 0.1) is 23.4 Å². The van der Waals surface area contributed by atoms with Crippen LogP contribution in [0.2, 0.25) is 0 Å². The van der Waals surface area contributed by atoms with E-state index < -0.39 is 30.1 Å². The number of carbonyl (C=O) groups is 3. The molecular formula is C28H34F3N5O3S. The molecule has 2 atom stereocenters. The average molecular weight is 578 g/mol. The number of thioether (sulfide) groups is 1. The zero-order valence-electron chi connectivity index (χ0n) is 22.3. The van der Waals surface area contributed by atoms with Gasteiger partial charge in [0, 0.05) is 35.6 Å². The number of rotatable bonds is 9. The number of nitrogens with zero attached hydrogens (tertiary/aromatic N) is 1. The molecule has 1 aliphatic heterocycles. The van der Waals surface area contributed by atoms with Gasteiger partial charge in [-0.05, 0) is 74.4 Å². The van der Waals surface area contributed by atoms with Crippen LogP contribution in [0.25, 0.3) is 0 Å². The maximum atomic E-state index is 13.4. The molecule has 0 bridgehead atoms. The second-order valence-electron chi connectivity index (χ2n) is 10.0. The summed E-state index contributed by atoms with van der Waals surface area (Å²) in [5.41, 5.74) is 2.66. The zero-order chi connectivity index (χ0) is 28.7. The van der Waals surface area contributed by atoms with E-state index in [2.05, 4.69) is 21.4 Å². The number of hydrazine groups is 1. The second kappa shape index (κ2) is 13.4. The second-order valence-corrected chi connectivity index (χ2v) is 10.9. The van der Waals surface area contributed by atoms with Crippen LogP contribution >= 0.6 is 11.8 Å². The topological polar surface area (TPSA) is 103 Å². The van der Waals surface area contributed by atoms with Crippen LogP contribution in [0.3, 0.4) is 0 Å². The molecule has 8 nitrogen and oxygen atoms in total. The molecule has 4 rings (SSSR count). The van der Waals surface area contributed by atoms with Gasteiger partial charge in [-0.3, -0.25) is 14.4 Å². The number of anilines is 1. The number of nitrogens with one attached hydrogen (secondary N) is 4. The fraction of sp³-hybridized carbons (Fsp3) is 0.464. The van der Waals surface area contributed by atoms with Crippen LogP contribution in [-0.2, 0) is 11.0 Å². The molecule has 0 radical (unpaired) electrons. The van der Waals surface area contributed by atoms with Crippen LogP contribution in [0.1, 0.15) is 64.8 Å². The van der Waals surface area contributed by atoms with Gasteiger partial charge in [0.25, 0.3) is 11.8 Å². The Balaban J connectivity index is 1.36. The third kappa shape index (κ3) is 7.91. The Bertz CT molecular complexity index is 1200. The number of carbonyl (C=O) groups excluding carboxylic acids is 3. The van der Waals surface area contributed by atoms with Gasteiger partial charge < -0.3 is 21.4 Å². The molecule has 0 aromatic heterocycles. The summed E-state index contributed by atoms with van der Waals surface area (Å²) in [6, 6.07) is 9.62. The number of hydrogen-bond donors (Lipinski definition) is 4. The summed E-state index contributed by atoms with van der Waals surface area (Å²) in [7, 11) is 0. The highest BCUT2D eigenvalue weighted by Gasteiger charge is 2.32. The van der Waals surface area contributed by atoms with Gasteiger partial charge >= 0.3 is 6.18 Å². The van der Waals surface area contributed by atoms with E-state index in [0.29, 0.717) is 31.5 Å². The molecule has 0 unspecified atom stereocenters. The Labute approximate surface area is 235 Å². The highest BCUT2D eigenvalue weighted by molar-refractivity contribution is 7.98. The fourth-order valence-corrected chi connectivity index (χ4v) is 5.40. The molecule has 1 heterocycles. The van der Waals surface area contributed by atoms with Crippen molar-refractivity contribution in [3.63, 3.8) is 0 Å². The Morgan fingerprint density at radius 1 is 0.900 bits per heavy atom. The molecule has 0 spiro atoms. The fourth-order valence-electron chi connectivity index (χ4n) is 4.99. The number of alkyl halides is 3. The van der Waals surface area contributed by atoms with E-state index in [-0.39, 0.29) is 29.2 Å². The van der Waals surface area contributed by atoms with E-state index in [1.54, 1.807) is 23.9 Å². The number of amides is 3. The number of hydrogen-bond acceptors (Lipinski definition) is 6. The van der Waals surface area contributed by atoms with Crippen LogP contribution in [0.4, 0.5) is 18.9 Å². The van der Waals surface area contributed by atoms with Gasteiger partial charge in [-0.15, -0.1) is 11.8 Å². The van der Waals surface area contributed by atoms with Gasteiger partial charge in [0.15, 0.2) is 0 Å². The predicted molar refractivity (Wildman–Crippen MR) is 148 cm³/mol. The van der Waals surface area contributed by atoms with Crippen molar-refractivity contribution < 1.29 is 27.6 Å². The van der Waals surface area contributed by atoms with Crippen LogP contribution in [0, 0.1) is 0 Å². The maximum absolute atomic E-state index is 13.4. The largest absolute Gasteiger partial charge is 0.416 e. The number of halogens is 3. The SMILES string of the molecule is CSc1ccc(C(=O)N[C@H]2CCCC[C@H]2NC(=O)CNC(=O)c2cc(C(F)(F)F)ccc2NN2CCCC2)cc1. The van der Waals surface area contributed by atoms with Crippen molar-refractivity contribution in [3.05, 3.63) is 59.2 Å². The van der Waals surface area contributed by atoms with Crippen molar-refractivity contribution in [1.82, 2.24) is 21.0 Å². The average Bonchev–Trinajstić information content (AvgIpc) is 3.45. The smallest absolute Gasteiger partial charge is 0.350 e. The van der Waals surface area contributed by atoms with Gasteiger partial charge in [0.1, 0.15) is 0 Å². The Hall–Kier alpha value is -3.25. The maximum Gasteiger partial charge on any atom is 0.416 e. The molecule has 1 aliphatic carbocycles. The normalized spacial score (nSPS) is 19.6. The lowest BCUT2D eigenvalue weighted by atomic mass is 9.90. The first-order valence-corrected chi connectivity index (χ1v) is 14.6. The standard InChI is InChI=1S/C28H34F3N5O3S/c1-40-20-11-8-18(9-12-20)26(38)34-24-7-3-2-6-23(24)33-25(37)17-32-27(39)21-16-19(28(29,30)31)10-13-22(21)35-36-14-4-5-15-36/h8-13,16,23-24,35H,2-7,14-15,17H2,1H3,(H,32,39)(H,33,37)(H,34,38)/t23-,24+/m1/s1. The summed E-state index contributed by atoms with van der Waals surface area (Å²) in [6.45, 7) is 1.02. The Kier molecular flexibility index (Phi) is 9.96. The summed E-state index contributed by atoms with van der Waals surface area (Å²) in [5.74, 6) is -1.50. The van der Waals surface area contributed by atoms with Crippen molar-refractivity contribution in [3.8, 4) is 0 Å². The molecule has 2 aromatic carbocycles.